The van der Waals surface area contributed by atoms with Gasteiger partial charge in [-0.25, -0.2) is 4.39 Å². The topological polar surface area (TPSA) is 0 Å². The van der Waals surface area contributed by atoms with E-state index in [1.165, 1.54) is 43.3 Å². The molecule has 0 aromatic carbocycles. The van der Waals surface area contributed by atoms with Crippen LogP contribution in [0.3, 0.4) is 0 Å². The van der Waals surface area contributed by atoms with Crippen LogP contribution in [-0.2, 0) is 0 Å². The van der Waals surface area contributed by atoms with Crippen LogP contribution in [0.5, 0.6) is 0 Å². The number of hydrogen-bond acceptors (Lipinski definition) is 0. The quantitative estimate of drug-likeness (QED) is 0.208. The van der Waals surface area contributed by atoms with Crippen LogP contribution in [0.25, 0.3) is 0 Å². The van der Waals surface area contributed by atoms with Crippen LogP contribution in [0.15, 0.2) is 59.0 Å². The monoisotopic (exact) mass is 358 g/mol. The van der Waals surface area contributed by atoms with Gasteiger partial charge in [-0.15, -0.1) is 0 Å². The summed E-state index contributed by atoms with van der Waals surface area (Å²) in [6.45, 7) is 18.5. The van der Waals surface area contributed by atoms with E-state index in [2.05, 4.69) is 53.0 Å². The van der Waals surface area contributed by atoms with Crippen molar-refractivity contribution in [2.45, 2.75) is 86.0 Å². The van der Waals surface area contributed by atoms with Gasteiger partial charge in [0, 0.05) is 5.92 Å². The number of halogens is 1. The third kappa shape index (κ3) is 7.09. The second kappa shape index (κ2) is 11.4. The molecule has 0 N–H and O–H groups in total. The van der Waals surface area contributed by atoms with Crippen LogP contribution in [0.4, 0.5) is 4.39 Å². The molecule has 0 amide bonds. The molecule has 0 nitrogen and oxygen atoms in total. The highest BCUT2D eigenvalue weighted by Gasteiger charge is 2.29. The summed E-state index contributed by atoms with van der Waals surface area (Å²) < 4.78 is 14.5. The summed E-state index contributed by atoms with van der Waals surface area (Å²) >= 11 is 0. The van der Waals surface area contributed by atoms with E-state index in [1.807, 2.05) is 6.92 Å². The molecule has 2 atom stereocenters. The fraction of sp³-hybridized carbons (Fsp3) is 0.600. The highest BCUT2D eigenvalue weighted by Crippen LogP contribution is 2.41. The second-order valence-corrected chi connectivity index (χ2v) is 8.19. The summed E-state index contributed by atoms with van der Waals surface area (Å²) in [6, 6.07) is 0. The Morgan fingerprint density at radius 1 is 1.15 bits per heavy atom. The first-order chi connectivity index (χ1) is 12.3. The lowest BCUT2D eigenvalue weighted by Gasteiger charge is -2.32. The zero-order valence-corrected chi connectivity index (χ0v) is 17.8. The minimum Gasteiger partial charge on any atom is -0.207 e. The van der Waals surface area contributed by atoms with E-state index in [0.717, 1.165) is 36.0 Å². The smallest absolute Gasteiger partial charge is 0.120 e. The zero-order valence-electron chi connectivity index (χ0n) is 17.8. The summed E-state index contributed by atoms with van der Waals surface area (Å²) in [5.74, 6) is 0.0722. The summed E-state index contributed by atoms with van der Waals surface area (Å²) in [5.41, 5.74) is 5.60. The first-order valence-electron chi connectivity index (χ1n) is 10.3. The maximum absolute atomic E-state index is 14.5. The van der Waals surface area contributed by atoms with Gasteiger partial charge in [0.25, 0.3) is 0 Å². The molecular weight excluding hydrogens is 319 g/mol. The number of hydrogen-bond donors (Lipinski definition) is 0. The minimum atomic E-state index is -0.295. The van der Waals surface area contributed by atoms with Gasteiger partial charge < -0.3 is 0 Å². The van der Waals surface area contributed by atoms with Crippen LogP contribution in [0.1, 0.15) is 86.0 Å². The lowest BCUT2D eigenvalue weighted by atomic mass is 9.72. The fourth-order valence-electron chi connectivity index (χ4n) is 4.09. The minimum absolute atomic E-state index is 0.0624. The van der Waals surface area contributed by atoms with Gasteiger partial charge in [0.15, 0.2) is 0 Å². The largest absolute Gasteiger partial charge is 0.207 e. The van der Waals surface area contributed by atoms with Crippen molar-refractivity contribution >= 4 is 0 Å². The Morgan fingerprint density at radius 2 is 1.81 bits per heavy atom. The van der Waals surface area contributed by atoms with Gasteiger partial charge in [0.05, 0.1) is 0 Å². The Bertz CT molecular complexity index is 585. The first-order valence-corrected chi connectivity index (χ1v) is 10.3. The summed E-state index contributed by atoms with van der Waals surface area (Å²) in [4.78, 5) is 0. The molecule has 0 aromatic rings. The molecule has 0 bridgehead atoms. The Hall–Kier alpha value is -1.37. The third-order valence-corrected chi connectivity index (χ3v) is 5.57. The molecule has 2 unspecified atom stereocenters. The van der Waals surface area contributed by atoms with E-state index in [9.17, 15) is 4.39 Å². The van der Waals surface area contributed by atoms with Crippen molar-refractivity contribution in [3.8, 4) is 0 Å². The van der Waals surface area contributed by atoms with Crippen LogP contribution in [-0.4, -0.2) is 0 Å². The molecule has 1 aliphatic carbocycles. The van der Waals surface area contributed by atoms with Crippen LogP contribution in [0, 0.1) is 11.8 Å². The lowest BCUT2D eigenvalue weighted by molar-refractivity contribution is 0.433. The predicted octanol–water partition coefficient (Wildman–Crippen LogP) is 8.64. The second-order valence-electron chi connectivity index (χ2n) is 8.19. The average molecular weight is 359 g/mol. The Balaban J connectivity index is 3.01. The maximum atomic E-state index is 14.5. The van der Waals surface area contributed by atoms with Crippen molar-refractivity contribution < 1.29 is 4.39 Å². The zero-order chi connectivity index (χ0) is 19.7. The summed E-state index contributed by atoms with van der Waals surface area (Å²) in [6.07, 6.45) is 14.0. The van der Waals surface area contributed by atoms with Crippen LogP contribution >= 0.6 is 0 Å². The van der Waals surface area contributed by atoms with Crippen molar-refractivity contribution in [2.75, 3.05) is 0 Å². The molecule has 26 heavy (non-hydrogen) atoms. The molecule has 1 aliphatic rings. The Morgan fingerprint density at radius 3 is 2.38 bits per heavy atom. The normalized spacial score (nSPS) is 21.9. The predicted molar refractivity (Wildman–Crippen MR) is 115 cm³/mol. The molecule has 1 heteroatoms. The van der Waals surface area contributed by atoms with Crippen molar-refractivity contribution in [3.05, 3.63) is 59.0 Å². The van der Waals surface area contributed by atoms with Crippen molar-refractivity contribution in [1.29, 1.82) is 0 Å². The van der Waals surface area contributed by atoms with Crippen molar-refractivity contribution in [2.24, 2.45) is 11.8 Å². The van der Waals surface area contributed by atoms with Crippen LogP contribution < -0.4 is 0 Å². The number of unbranched alkanes of at least 4 members (excludes halogenated alkanes) is 4. The van der Waals surface area contributed by atoms with E-state index in [1.54, 1.807) is 0 Å². The molecule has 0 aliphatic heterocycles. The molecule has 0 radical (unpaired) electrons. The van der Waals surface area contributed by atoms with Gasteiger partial charge in [-0.2, -0.15) is 0 Å². The van der Waals surface area contributed by atoms with E-state index >= 15 is 0 Å². The maximum Gasteiger partial charge on any atom is 0.120 e. The number of rotatable bonds is 10. The van der Waals surface area contributed by atoms with Gasteiger partial charge >= 0.3 is 0 Å². The van der Waals surface area contributed by atoms with Gasteiger partial charge in [0.1, 0.15) is 5.83 Å². The van der Waals surface area contributed by atoms with E-state index in [4.69, 9.17) is 0 Å². The fourth-order valence-corrected chi connectivity index (χ4v) is 4.09. The van der Waals surface area contributed by atoms with Gasteiger partial charge in [0.2, 0.25) is 0 Å². The molecule has 0 saturated heterocycles. The highest BCUT2D eigenvalue weighted by molar-refractivity contribution is 5.42. The Kier molecular flexibility index (Phi) is 9.91. The molecule has 0 spiro atoms. The lowest BCUT2D eigenvalue weighted by Crippen LogP contribution is -2.21. The SMILES string of the molecule is C=C(F)/C(=C(C)\C=C(/C)CCCCCCC)C1C=C(C)CCC1C(=C)C. The molecule has 0 heterocycles. The van der Waals surface area contributed by atoms with Crippen molar-refractivity contribution in [3.63, 3.8) is 0 Å². The molecule has 0 saturated carbocycles. The standard InChI is InChI=1S/C25H39F/c1-8-9-10-11-12-13-19(4)16-21(6)25(22(7)26)24-17-20(5)14-15-23(24)18(2)3/h16-17,23-24H,2,7-15H2,1,3-6H3/b19-16+,25-21+. The van der Waals surface area contributed by atoms with Gasteiger partial charge in [-0.1, -0.05) is 74.6 Å². The van der Waals surface area contributed by atoms with Crippen molar-refractivity contribution in [1.82, 2.24) is 0 Å². The molecule has 146 valence electrons. The van der Waals surface area contributed by atoms with E-state index < -0.39 is 0 Å². The molecular formula is C25H39F. The van der Waals surface area contributed by atoms with Crippen LogP contribution in [0.2, 0.25) is 0 Å². The molecule has 0 fully saturated rings. The van der Waals surface area contributed by atoms with Gasteiger partial charge in [-0.3, -0.25) is 0 Å². The van der Waals surface area contributed by atoms with E-state index in [-0.39, 0.29) is 11.7 Å². The summed E-state index contributed by atoms with van der Waals surface area (Å²) in [7, 11) is 0. The molecule has 1 rings (SSSR count). The highest BCUT2D eigenvalue weighted by atomic mass is 19.1. The average Bonchev–Trinajstić information content (AvgIpc) is 2.54. The first kappa shape index (κ1) is 22.7. The van der Waals surface area contributed by atoms with E-state index in [0.29, 0.717) is 5.92 Å². The number of allylic oxidation sites excluding steroid dienone is 8. The summed E-state index contributed by atoms with van der Waals surface area (Å²) in [5, 5.41) is 0. The third-order valence-electron chi connectivity index (χ3n) is 5.57. The Labute approximate surface area is 161 Å². The van der Waals surface area contributed by atoms with Gasteiger partial charge in [-0.05, 0) is 70.4 Å². The molecule has 0 aromatic heterocycles.